The minimum atomic E-state index is -0.665. The minimum Gasteiger partial charge on any atom is -0.395 e. The number of nitriles is 2. The van der Waals surface area contributed by atoms with Crippen LogP contribution in [0.1, 0.15) is 11.1 Å². The van der Waals surface area contributed by atoms with Crippen LogP contribution in [0.15, 0.2) is 12.1 Å². The zero-order valence-corrected chi connectivity index (χ0v) is 10.5. The fourth-order valence-corrected chi connectivity index (χ4v) is 1.77. The summed E-state index contributed by atoms with van der Waals surface area (Å²) in [5, 5.41) is 46.9. The first-order valence-corrected chi connectivity index (χ1v) is 5.68. The maximum Gasteiger partial charge on any atom is 0.272 e. The number of hydrogen-bond donors (Lipinski definition) is 2. The van der Waals surface area contributed by atoms with Gasteiger partial charge in [0.15, 0.2) is 0 Å². The predicted octanol–water partition coefficient (Wildman–Crippen LogP) is 0.129. The van der Waals surface area contributed by atoms with Gasteiger partial charge in [0.1, 0.15) is 12.1 Å². The van der Waals surface area contributed by atoms with E-state index in [9.17, 15) is 10.1 Å². The highest BCUT2D eigenvalue weighted by molar-refractivity contribution is 5.69. The summed E-state index contributed by atoms with van der Waals surface area (Å²) in [6.45, 7) is -0.340. The second-order valence-electron chi connectivity index (χ2n) is 3.80. The predicted molar refractivity (Wildman–Crippen MR) is 68.9 cm³/mol. The van der Waals surface area contributed by atoms with Gasteiger partial charge in [0.2, 0.25) is 0 Å². The highest BCUT2D eigenvalue weighted by Gasteiger charge is 2.20. The average Bonchev–Trinajstić information content (AvgIpc) is 2.45. The van der Waals surface area contributed by atoms with Gasteiger partial charge in [-0.05, 0) is 0 Å². The van der Waals surface area contributed by atoms with Gasteiger partial charge >= 0.3 is 0 Å². The molecular formula is C12H12N4O4. The van der Waals surface area contributed by atoms with Crippen LogP contribution in [0.4, 0.5) is 11.4 Å². The van der Waals surface area contributed by atoms with Crippen molar-refractivity contribution in [2.75, 3.05) is 31.2 Å². The largest absolute Gasteiger partial charge is 0.395 e. The number of nitro benzene ring substituents is 1. The van der Waals surface area contributed by atoms with Crippen LogP contribution in [0.2, 0.25) is 0 Å². The zero-order valence-electron chi connectivity index (χ0n) is 10.5. The summed E-state index contributed by atoms with van der Waals surface area (Å²) in [5.74, 6) is 0. The average molecular weight is 276 g/mol. The van der Waals surface area contributed by atoms with E-state index in [0.29, 0.717) is 0 Å². The molecule has 0 fully saturated rings. The quantitative estimate of drug-likeness (QED) is 0.556. The van der Waals surface area contributed by atoms with Crippen LogP contribution in [0.25, 0.3) is 0 Å². The van der Waals surface area contributed by atoms with Crippen molar-refractivity contribution in [2.24, 2.45) is 0 Å². The van der Waals surface area contributed by atoms with Crippen LogP contribution < -0.4 is 4.90 Å². The molecule has 20 heavy (non-hydrogen) atoms. The minimum absolute atomic E-state index is 0.0139. The molecular weight excluding hydrogens is 264 g/mol. The zero-order chi connectivity index (χ0) is 15.1. The molecule has 104 valence electrons. The molecule has 8 heteroatoms. The second kappa shape index (κ2) is 7.04. The molecule has 0 heterocycles. The SMILES string of the molecule is N#Cc1cc([N+](=O)[O-])cc(N(CCO)CCO)c1C#N. The van der Waals surface area contributed by atoms with E-state index in [1.54, 1.807) is 6.07 Å². The number of nitrogens with zero attached hydrogens (tertiary/aromatic N) is 4. The molecule has 0 aliphatic heterocycles. The van der Waals surface area contributed by atoms with Crippen LogP contribution in [-0.2, 0) is 0 Å². The molecule has 1 aromatic rings. The number of nitro groups is 1. The van der Waals surface area contributed by atoms with Crippen molar-refractivity contribution in [3.8, 4) is 12.1 Å². The Bertz CT molecular complexity index is 582. The van der Waals surface area contributed by atoms with Gasteiger partial charge in [-0.3, -0.25) is 10.1 Å². The molecule has 0 aliphatic rings. The molecule has 0 atom stereocenters. The second-order valence-corrected chi connectivity index (χ2v) is 3.80. The first-order valence-electron chi connectivity index (χ1n) is 5.68. The highest BCUT2D eigenvalue weighted by Crippen LogP contribution is 2.29. The van der Waals surface area contributed by atoms with Crippen molar-refractivity contribution in [3.63, 3.8) is 0 Å². The van der Waals surface area contributed by atoms with Crippen molar-refractivity contribution in [1.82, 2.24) is 0 Å². The van der Waals surface area contributed by atoms with E-state index in [2.05, 4.69) is 0 Å². The first kappa shape index (κ1) is 15.4. The number of non-ortho nitro benzene ring substituents is 1. The summed E-state index contributed by atoms with van der Waals surface area (Å²) in [6, 6.07) is 5.75. The molecule has 1 aromatic carbocycles. The fraction of sp³-hybridized carbons (Fsp3) is 0.333. The third kappa shape index (κ3) is 3.20. The number of aliphatic hydroxyl groups is 2. The number of anilines is 1. The lowest BCUT2D eigenvalue weighted by atomic mass is 10.0. The van der Waals surface area contributed by atoms with Crippen molar-refractivity contribution in [2.45, 2.75) is 0 Å². The molecule has 0 saturated carbocycles. The van der Waals surface area contributed by atoms with Crippen LogP contribution in [0, 0.1) is 32.8 Å². The van der Waals surface area contributed by atoms with Crippen LogP contribution in [0.5, 0.6) is 0 Å². The lowest BCUT2D eigenvalue weighted by Crippen LogP contribution is -2.30. The summed E-state index contributed by atoms with van der Waals surface area (Å²) in [7, 11) is 0. The fourth-order valence-electron chi connectivity index (χ4n) is 1.77. The molecule has 0 amide bonds. The summed E-state index contributed by atoms with van der Waals surface area (Å²) in [6.07, 6.45) is 0. The Labute approximate surface area is 114 Å². The Morgan fingerprint density at radius 1 is 1.20 bits per heavy atom. The molecule has 0 radical (unpaired) electrons. The molecule has 0 aliphatic carbocycles. The van der Waals surface area contributed by atoms with Crippen molar-refractivity contribution in [3.05, 3.63) is 33.4 Å². The monoisotopic (exact) mass is 276 g/mol. The van der Waals surface area contributed by atoms with Gasteiger partial charge in [-0.25, -0.2) is 0 Å². The van der Waals surface area contributed by atoms with Crippen LogP contribution in [-0.4, -0.2) is 41.4 Å². The van der Waals surface area contributed by atoms with Gasteiger partial charge in [0.25, 0.3) is 5.69 Å². The van der Waals surface area contributed by atoms with Gasteiger partial charge in [0.05, 0.1) is 35.0 Å². The van der Waals surface area contributed by atoms with E-state index in [-0.39, 0.29) is 48.8 Å². The summed E-state index contributed by atoms with van der Waals surface area (Å²) >= 11 is 0. The van der Waals surface area contributed by atoms with E-state index in [1.165, 1.54) is 4.90 Å². The van der Waals surface area contributed by atoms with Gasteiger partial charge in [0, 0.05) is 25.2 Å². The standard InChI is InChI=1S/C12H12N4O4/c13-7-9-5-10(16(19)20)6-12(11(9)8-14)15(1-3-17)2-4-18/h5-6,17-18H,1-4H2. The third-order valence-electron chi connectivity index (χ3n) is 2.63. The van der Waals surface area contributed by atoms with Crippen molar-refractivity contribution >= 4 is 11.4 Å². The molecule has 2 N–H and O–H groups in total. The van der Waals surface area contributed by atoms with Crippen LogP contribution >= 0.6 is 0 Å². The van der Waals surface area contributed by atoms with Gasteiger partial charge in [-0.2, -0.15) is 10.5 Å². The molecule has 0 saturated heterocycles. The Morgan fingerprint density at radius 3 is 2.20 bits per heavy atom. The molecule has 1 rings (SSSR count). The van der Waals surface area contributed by atoms with E-state index in [0.717, 1.165) is 12.1 Å². The highest BCUT2D eigenvalue weighted by atomic mass is 16.6. The summed E-state index contributed by atoms with van der Waals surface area (Å²) in [4.78, 5) is 11.6. The molecule has 0 bridgehead atoms. The lowest BCUT2D eigenvalue weighted by molar-refractivity contribution is -0.384. The number of aliphatic hydroxyl groups excluding tert-OH is 2. The van der Waals surface area contributed by atoms with E-state index < -0.39 is 4.92 Å². The Balaban J connectivity index is 3.48. The summed E-state index contributed by atoms with van der Waals surface area (Å²) < 4.78 is 0. The Hall–Kier alpha value is -2.68. The maximum atomic E-state index is 10.9. The molecule has 8 nitrogen and oxygen atoms in total. The van der Waals surface area contributed by atoms with E-state index in [4.69, 9.17) is 20.7 Å². The molecule has 0 unspecified atom stereocenters. The lowest BCUT2D eigenvalue weighted by Gasteiger charge is -2.24. The van der Waals surface area contributed by atoms with Gasteiger partial charge in [-0.1, -0.05) is 0 Å². The summed E-state index contributed by atoms with van der Waals surface area (Å²) in [5.41, 5.74) is -0.296. The molecule has 0 aromatic heterocycles. The van der Waals surface area contributed by atoms with Gasteiger partial charge in [-0.15, -0.1) is 0 Å². The maximum absolute atomic E-state index is 10.9. The van der Waals surface area contributed by atoms with E-state index in [1.807, 2.05) is 6.07 Å². The topological polar surface area (TPSA) is 134 Å². The third-order valence-corrected chi connectivity index (χ3v) is 2.63. The van der Waals surface area contributed by atoms with E-state index >= 15 is 0 Å². The number of rotatable bonds is 6. The number of benzene rings is 1. The number of hydrogen-bond acceptors (Lipinski definition) is 7. The Kier molecular flexibility index (Phi) is 5.42. The first-order chi connectivity index (χ1) is 9.58. The molecule has 0 spiro atoms. The Morgan fingerprint density at radius 2 is 1.80 bits per heavy atom. The van der Waals surface area contributed by atoms with Gasteiger partial charge < -0.3 is 15.1 Å². The van der Waals surface area contributed by atoms with Crippen molar-refractivity contribution in [1.29, 1.82) is 10.5 Å². The normalized spacial score (nSPS) is 9.60. The smallest absolute Gasteiger partial charge is 0.272 e. The van der Waals surface area contributed by atoms with Crippen molar-refractivity contribution < 1.29 is 15.1 Å². The van der Waals surface area contributed by atoms with Crippen LogP contribution in [0.3, 0.4) is 0 Å².